The molecule has 2 rings (SSSR count). The molecule has 1 aliphatic heterocycles. The van der Waals surface area contributed by atoms with E-state index in [0.717, 1.165) is 0 Å². The lowest BCUT2D eigenvalue weighted by Gasteiger charge is -2.17. The molecule has 0 spiro atoms. The smallest absolute Gasteiger partial charge is 0.323 e. The summed E-state index contributed by atoms with van der Waals surface area (Å²) in [4.78, 5) is 26.2. The number of ether oxygens (including phenoxy) is 1. The van der Waals surface area contributed by atoms with E-state index in [1.165, 1.54) is 15.9 Å². The van der Waals surface area contributed by atoms with E-state index in [4.69, 9.17) is 17.0 Å². The van der Waals surface area contributed by atoms with Crippen LogP contribution in [0.15, 0.2) is 36.9 Å². The molecule has 0 radical (unpaired) electrons. The highest BCUT2D eigenvalue weighted by Gasteiger charge is 2.41. The van der Waals surface area contributed by atoms with Crippen molar-refractivity contribution >= 4 is 34.8 Å². The van der Waals surface area contributed by atoms with Crippen LogP contribution in [-0.2, 0) is 9.59 Å². The molecule has 0 N–H and O–H groups in total. The predicted octanol–water partition coefficient (Wildman–Crippen LogP) is 1.34. The highest BCUT2D eigenvalue weighted by atomic mass is 32.1. The number of methoxy groups -OCH3 is 1. The van der Waals surface area contributed by atoms with Crippen LogP contribution in [-0.4, -0.2) is 35.5 Å². The number of benzene rings is 1. The maximum atomic E-state index is 11.9. The highest BCUT2D eigenvalue weighted by Crippen LogP contribution is 2.24. The van der Waals surface area contributed by atoms with Gasteiger partial charge < -0.3 is 4.74 Å². The number of anilines is 1. The number of rotatable bonds is 4. The van der Waals surface area contributed by atoms with Crippen molar-refractivity contribution in [2.75, 3.05) is 18.6 Å². The molecule has 0 unspecified atom stereocenters. The van der Waals surface area contributed by atoms with Crippen molar-refractivity contribution in [3.63, 3.8) is 0 Å². The normalized spacial score (nSPS) is 15.1. The van der Waals surface area contributed by atoms with Crippen LogP contribution < -0.4 is 9.64 Å². The van der Waals surface area contributed by atoms with Gasteiger partial charge in [0.15, 0.2) is 5.11 Å². The second kappa shape index (κ2) is 5.19. The number of carbonyl (C=O) groups excluding carboxylic acids is 2. The maximum absolute atomic E-state index is 11.9. The molecule has 2 amide bonds. The molecule has 1 fully saturated rings. The number of amides is 2. The summed E-state index contributed by atoms with van der Waals surface area (Å²) < 4.78 is 5.04. The lowest BCUT2D eigenvalue weighted by Crippen LogP contribution is -2.33. The lowest BCUT2D eigenvalue weighted by molar-refractivity contribution is -0.138. The molecular formula is C13H12N2O3S. The lowest BCUT2D eigenvalue weighted by atomic mass is 10.3. The molecule has 5 nitrogen and oxygen atoms in total. The molecular weight excluding hydrogens is 264 g/mol. The summed E-state index contributed by atoms with van der Waals surface area (Å²) in [6.45, 7) is 3.76. The van der Waals surface area contributed by atoms with E-state index >= 15 is 0 Å². The molecule has 1 aromatic carbocycles. The molecule has 0 atom stereocenters. The van der Waals surface area contributed by atoms with Gasteiger partial charge in [-0.1, -0.05) is 6.08 Å². The van der Waals surface area contributed by atoms with Gasteiger partial charge in [0, 0.05) is 6.54 Å². The van der Waals surface area contributed by atoms with Crippen LogP contribution in [0.2, 0.25) is 0 Å². The third-order valence-corrected chi connectivity index (χ3v) is 3.10. The summed E-state index contributed by atoms with van der Waals surface area (Å²) in [7, 11) is 1.55. The Morgan fingerprint density at radius 1 is 1.26 bits per heavy atom. The Labute approximate surface area is 116 Å². The first-order chi connectivity index (χ1) is 9.10. The van der Waals surface area contributed by atoms with Crippen LogP contribution in [0.4, 0.5) is 5.69 Å². The van der Waals surface area contributed by atoms with Gasteiger partial charge in [0.05, 0.1) is 12.8 Å². The van der Waals surface area contributed by atoms with E-state index < -0.39 is 11.8 Å². The summed E-state index contributed by atoms with van der Waals surface area (Å²) in [5.74, 6) is -0.631. The van der Waals surface area contributed by atoms with Crippen LogP contribution in [0.25, 0.3) is 0 Å². The van der Waals surface area contributed by atoms with Crippen LogP contribution in [0.1, 0.15) is 0 Å². The van der Waals surface area contributed by atoms with Crippen LogP contribution in [0.3, 0.4) is 0 Å². The van der Waals surface area contributed by atoms with E-state index in [-0.39, 0.29) is 11.7 Å². The minimum Gasteiger partial charge on any atom is -0.497 e. The number of hydrogen-bond donors (Lipinski definition) is 0. The minimum absolute atomic E-state index is 0.167. The number of carbonyl (C=O) groups is 2. The fourth-order valence-corrected chi connectivity index (χ4v) is 2.10. The van der Waals surface area contributed by atoms with E-state index in [2.05, 4.69) is 6.58 Å². The Kier molecular flexibility index (Phi) is 3.62. The van der Waals surface area contributed by atoms with Gasteiger partial charge in [0.2, 0.25) is 0 Å². The van der Waals surface area contributed by atoms with Gasteiger partial charge in [-0.05, 0) is 36.5 Å². The molecule has 0 aromatic heterocycles. The monoisotopic (exact) mass is 276 g/mol. The van der Waals surface area contributed by atoms with Gasteiger partial charge in [-0.2, -0.15) is 0 Å². The first kappa shape index (κ1) is 13.2. The van der Waals surface area contributed by atoms with Gasteiger partial charge in [-0.25, -0.2) is 4.90 Å². The first-order valence-corrected chi connectivity index (χ1v) is 5.96. The van der Waals surface area contributed by atoms with Crippen molar-refractivity contribution in [2.45, 2.75) is 0 Å². The Morgan fingerprint density at radius 2 is 1.89 bits per heavy atom. The zero-order valence-electron chi connectivity index (χ0n) is 10.3. The predicted molar refractivity (Wildman–Crippen MR) is 75.0 cm³/mol. The Balaban J connectivity index is 2.33. The standard InChI is InChI=1S/C13H12N2O3S/c1-3-8-14-11(16)12(17)15(13(14)19)9-4-6-10(18-2)7-5-9/h3-7H,1,8H2,2H3. The SMILES string of the molecule is C=CCN1C(=O)C(=O)N(c2ccc(OC)cc2)C1=S. The summed E-state index contributed by atoms with van der Waals surface area (Å²) >= 11 is 5.16. The van der Waals surface area contributed by atoms with E-state index in [9.17, 15) is 9.59 Å². The van der Waals surface area contributed by atoms with Crippen molar-refractivity contribution in [1.29, 1.82) is 0 Å². The van der Waals surface area contributed by atoms with Crippen molar-refractivity contribution in [3.8, 4) is 5.75 Å². The minimum atomic E-state index is -0.656. The van der Waals surface area contributed by atoms with Crippen LogP contribution >= 0.6 is 12.2 Å². The van der Waals surface area contributed by atoms with Crippen molar-refractivity contribution in [3.05, 3.63) is 36.9 Å². The fraction of sp³-hybridized carbons (Fsp3) is 0.154. The third kappa shape index (κ3) is 2.22. The van der Waals surface area contributed by atoms with Gasteiger partial charge in [-0.15, -0.1) is 6.58 Å². The molecule has 6 heteroatoms. The zero-order valence-corrected chi connectivity index (χ0v) is 11.1. The van der Waals surface area contributed by atoms with Crippen molar-refractivity contribution < 1.29 is 14.3 Å². The maximum Gasteiger partial charge on any atom is 0.323 e. The van der Waals surface area contributed by atoms with Gasteiger partial charge >= 0.3 is 11.8 Å². The molecule has 1 aromatic rings. The fourth-order valence-electron chi connectivity index (χ4n) is 1.75. The molecule has 0 bridgehead atoms. The van der Waals surface area contributed by atoms with E-state index in [1.54, 1.807) is 31.4 Å². The molecule has 19 heavy (non-hydrogen) atoms. The second-order valence-electron chi connectivity index (χ2n) is 3.83. The average Bonchev–Trinajstić information content (AvgIpc) is 2.64. The molecule has 0 aliphatic carbocycles. The molecule has 98 valence electrons. The van der Waals surface area contributed by atoms with Crippen molar-refractivity contribution in [1.82, 2.24) is 4.90 Å². The zero-order chi connectivity index (χ0) is 14.0. The van der Waals surface area contributed by atoms with Gasteiger partial charge in [-0.3, -0.25) is 14.5 Å². The van der Waals surface area contributed by atoms with E-state index in [0.29, 0.717) is 11.4 Å². The summed E-state index contributed by atoms with van der Waals surface area (Å²) in [5, 5.41) is 0.167. The van der Waals surface area contributed by atoms with Crippen molar-refractivity contribution in [2.24, 2.45) is 0 Å². The Bertz CT molecular complexity index is 554. The first-order valence-electron chi connectivity index (χ1n) is 5.55. The molecule has 1 heterocycles. The largest absolute Gasteiger partial charge is 0.497 e. The van der Waals surface area contributed by atoms with Gasteiger partial charge in [0.25, 0.3) is 0 Å². The Morgan fingerprint density at radius 3 is 2.42 bits per heavy atom. The quantitative estimate of drug-likeness (QED) is 0.473. The summed E-state index contributed by atoms with van der Waals surface area (Å²) in [6, 6.07) is 6.75. The summed E-state index contributed by atoms with van der Waals surface area (Å²) in [5.41, 5.74) is 0.538. The number of thiocarbonyl (C=S) groups is 1. The molecule has 1 saturated heterocycles. The summed E-state index contributed by atoms with van der Waals surface area (Å²) in [6.07, 6.45) is 1.52. The highest BCUT2D eigenvalue weighted by molar-refractivity contribution is 7.80. The Hall–Kier alpha value is -2.21. The topological polar surface area (TPSA) is 49.9 Å². The van der Waals surface area contributed by atoms with Gasteiger partial charge in [0.1, 0.15) is 5.75 Å². The average molecular weight is 276 g/mol. The van der Waals surface area contributed by atoms with Crippen LogP contribution in [0, 0.1) is 0 Å². The number of hydrogen-bond acceptors (Lipinski definition) is 4. The van der Waals surface area contributed by atoms with E-state index in [1.807, 2.05) is 0 Å². The van der Waals surface area contributed by atoms with Crippen LogP contribution in [0.5, 0.6) is 5.75 Å². The molecule has 0 saturated carbocycles. The second-order valence-corrected chi connectivity index (χ2v) is 4.19. The third-order valence-electron chi connectivity index (χ3n) is 2.70. The number of nitrogens with zero attached hydrogens (tertiary/aromatic N) is 2. The molecule has 1 aliphatic rings.